The lowest BCUT2D eigenvalue weighted by molar-refractivity contribution is 0.0992. The van der Waals surface area contributed by atoms with Crippen molar-refractivity contribution < 1.29 is 17.9 Å². The molecule has 0 radical (unpaired) electrons. The molecule has 1 atom stereocenters. The number of rotatable bonds is 3. The van der Waals surface area contributed by atoms with Crippen molar-refractivity contribution in [1.82, 2.24) is 4.90 Å². The number of carbonyl (C=O) groups is 1. The maximum atomic E-state index is 12.6. The van der Waals surface area contributed by atoms with Crippen LogP contribution in [0.4, 0.5) is 10.5 Å². The molecule has 2 aliphatic rings. The lowest BCUT2D eigenvalue weighted by Gasteiger charge is -2.28. The zero-order valence-electron chi connectivity index (χ0n) is 14.8. The van der Waals surface area contributed by atoms with Gasteiger partial charge in [-0.05, 0) is 36.6 Å². The second-order valence-corrected chi connectivity index (χ2v) is 9.10. The van der Waals surface area contributed by atoms with Crippen LogP contribution in [-0.4, -0.2) is 37.8 Å². The Morgan fingerprint density at radius 3 is 2.82 bits per heavy atom. The molecule has 2 heterocycles. The van der Waals surface area contributed by atoms with E-state index in [4.69, 9.17) is 4.74 Å². The number of hydrogen-bond donors (Lipinski definition) is 1. The van der Waals surface area contributed by atoms with Gasteiger partial charge in [-0.3, -0.25) is 4.90 Å². The predicted octanol–water partition coefficient (Wildman–Crippen LogP) is 3.76. The van der Waals surface area contributed by atoms with Crippen LogP contribution in [0.1, 0.15) is 18.4 Å². The Morgan fingerprint density at radius 2 is 2.04 bits per heavy atom. The fraction of sp³-hybridized carbons (Fsp3) is 0.263. The van der Waals surface area contributed by atoms with Gasteiger partial charge in [-0.15, -0.1) is 4.40 Å². The number of carbonyl (C=O) groups excluding carboxylic acids is 1. The number of nitrogens with one attached hydrogen (secondary N) is 1. The quantitative estimate of drug-likeness (QED) is 0.748. The van der Waals surface area contributed by atoms with Crippen LogP contribution in [0.25, 0.3) is 0 Å². The van der Waals surface area contributed by atoms with E-state index in [9.17, 15) is 13.2 Å². The van der Waals surface area contributed by atoms with E-state index >= 15 is 0 Å². The van der Waals surface area contributed by atoms with E-state index in [1.165, 1.54) is 11.0 Å². The van der Waals surface area contributed by atoms with Gasteiger partial charge in [0.1, 0.15) is 17.3 Å². The lowest BCUT2D eigenvalue weighted by atomic mass is 10.2. The fourth-order valence-electron chi connectivity index (χ4n) is 3.37. The molecule has 1 amide bonds. The van der Waals surface area contributed by atoms with Gasteiger partial charge in [0.05, 0.1) is 11.7 Å². The fourth-order valence-corrected chi connectivity index (χ4v) is 5.08. The Labute approximate surface area is 171 Å². The molecule has 146 valence electrons. The second-order valence-electron chi connectivity index (χ2n) is 6.61. The van der Waals surface area contributed by atoms with E-state index in [0.29, 0.717) is 23.1 Å². The van der Waals surface area contributed by atoms with Gasteiger partial charge in [-0.25, -0.2) is 4.79 Å². The number of anilines is 1. The van der Waals surface area contributed by atoms with Gasteiger partial charge in [0, 0.05) is 11.0 Å². The van der Waals surface area contributed by atoms with Crippen LogP contribution in [0.3, 0.4) is 0 Å². The van der Waals surface area contributed by atoms with Crippen LogP contribution in [-0.2, 0) is 21.4 Å². The van der Waals surface area contributed by atoms with Crippen LogP contribution in [0.5, 0.6) is 0 Å². The van der Waals surface area contributed by atoms with Gasteiger partial charge in [-0.2, -0.15) is 8.42 Å². The predicted molar refractivity (Wildman–Crippen MR) is 109 cm³/mol. The first-order valence-electron chi connectivity index (χ1n) is 8.83. The molecule has 4 rings (SSSR count). The van der Waals surface area contributed by atoms with Crippen molar-refractivity contribution in [1.29, 1.82) is 0 Å². The van der Waals surface area contributed by atoms with Crippen molar-refractivity contribution in [3.05, 3.63) is 58.6 Å². The molecule has 2 aromatic rings. The summed E-state index contributed by atoms with van der Waals surface area (Å²) in [6.07, 6.45) is 0.891. The third-order valence-corrected chi connectivity index (χ3v) is 6.53. The molecular formula is C19H18BrN3O4S. The number of sulfonamides is 1. The standard InChI is InChI=1S/C19H18BrN3O4S/c20-14-8-9-15-17(11-14)28(25,26)22-18(21-15)16-7-4-10-23(16)19(24)27-12-13-5-2-1-3-6-13/h1-3,5-6,8-9,11,16H,4,7,10,12H2,(H,21,22)/t16-/m0/s1. The number of amidine groups is 1. The van der Waals surface area contributed by atoms with E-state index in [0.717, 1.165) is 12.0 Å². The Morgan fingerprint density at radius 1 is 1.25 bits per heavy atom. The number of amides is 1. The summed E-state index contributed by atoms with van der Waals surface area (Å²) in [6, 6.07) is 13.9. The minimum absolute atomic E-state index is 0.113. The summed E-state index contributed by atoms with van der Waals surface area (Å²) in [5.74, 6) is 0.254. The molecule has 2 aromatic carbocycles. The molecule has 0 spiro atoms. The highest BCUT2D eigenvalue weighted by Crippen LogP contribution is 2.32. The van der Waals surface area contributed by atoms with Crippen LogP contribution >= 0.6 is 15.9 Å². The topological polar surface area (TPSA) is 88.1 Å². The monoisotopic (exact) mass is 463 g/mol. The number of nitrogens with zero attached hydrogens (tertiary/aromatic N) is 2. The molecule has 0 saturated carbocycles. The zero-order chi connectivity index (χ0) is 19.7. The molecule has 1 N–H and O–H groups in total. The number of fused-ring (bicyclic) bond motifs is 1. The molecule has 28 heavy (non-hydrogen) atoms. The molecule has 0 unspecified atom stereocenters. The van der Waals surface area contributed by atoms with Crippen LogP contribution in [0, 0.1) is 0 Å². The minimum Gasteiger partial charge on any atom is -0.445 e. The highest BCUT2D eigenvalue weighted by Gasteiger charge is 2.37. The van der Waals surface area contributed by atoms with Crippen molar-refractivity contribution in [2.75, 3.05) is 11.9 Å². The number of likely N-dealkylation sites (tertiary alicyclic amines) is 1. The second kappa shape index (κ2) is 7.56. The zero-order valence-corrected chi connectivity index (χ0v) is 17.2. The number of ether oxygens (including phenoxy) is 1. The number of benzene rings is 2. The SMILES string of the molecule is O=C(OCc1ccccc1)N1CCC[C@H]1C1=NS(=O)(=O)c2cc(Br)ccc2N1. The van der Waals surface area contributed by atoms with Gasteiger partial charge in [-0.1, -0.05) is 46.3 Å². The summed E-state index contributed by atoms with van der Waals surface area (Å²) in [7, 11) is -3.84. The number of hydrogen-bond acceptors (Lipinski definition) is 5. The van der Waals surface area contributed by atoms with Crippen LogP contribution < -0.4 is 5.32 Å². The molecule has 7 nitrogen and oxygen atoms in total. The third-order valence-electron chi connectivity index (χ3n) is 4.71. The lowest BCUT2D eigenvalue weighted by Crippen LogP contribution is -2.44. The maximum absolute atomic E-state index is 12.6. The molecule has 1 fully saturated rings. The van der Waals surface area contributed by atoms with E-state index in [2.05, 4.69) is 25.6 Å². The summed E-state index contributed by atoms with van der Waals surface area (Å²) in [4.78, 5) is 14.2. The summed E-state index contributed by atoms with van der Waals surface area (Å²) in [6.45, 7) is 0.657. The Bertz CT molecular complexity index is 1040. The summed E-state index contributed by atoms with van der Waals surface area (Å²) in [5.41, 5.74) is 1.35. The first-order valence-corrected chi connectivity index (χ1v) is 11.1. The molecule has 0 aromatic heterocycles. The van der Waals surface area contributed by atoms with E-state index in [1.807, 2.05) is 30.3 Å². The Hall–Kier alpha value is -2.39. The average Bonchev–Trinajstić information content (AvgIpc) is 3.17. The summed E-state index contributed by atoms with van der Waals surface area (Å²) >= 11 is 3.28. The van der Waals surface area contributed by atoms with Gasteiger partial charge in [0.15, 0.2) is 0 Å². The Balaban J connectivity index is 1.53. The minimum atomic E-state index is -3.84. The van der Waals surface area contributed by atoms with Crippen molar-refractivity contribution in [3.63, 3.8) is 0 Å². The smallest absolute Gasteiger partial charge is 0.410 e. The van der Waals surface area contributed by atoms with Gasteiger partial charge in [0.25, 0.3) is 10.0 Å². The molecule has 2 aliphatic heterocycles. The van der Waals surface area contributed by atoms with Gasteiger partial charge < -0.3 is 10.1 Å². The van der Waals surface area contributed by atoms with Crippen LogP contribution in [0.15, 0.2) is 62.3 Å². The average molecular weight is 464 g/mol. The first kappa shape index (κ1) is 18.9. The highest BCUT2D eigenvalue weighted by atomic mass is 79.9. The Kier molecular flexibility index (Phi) is 5.11. The molecule has 0 aliphatic carbocycles. The maximum Gasteiger partial charge on any atom is 0.410 e. The molecular weight excluding hydrogens is 446 g/mol. The molecule has 0 bridgehead atoms. The first-order chi connectivity index (χ1) is 13.4. The summed E-state index contributed by atoms with van der Waals surface area (Å²) < 4.78 is 35.2. The van der Waals surface area contributed by atoms with Crippen LogP contribution in [0.2, 0.25) is 0 Å². The van der Waals surface area contributed by atoms with Crippen molar-refractivity contribution in [2.45, 2.75) is 30.4 Å². The summed E-state index contributed by atoms with van der Waals surface area (Å²) in [5, 5.41) is 3.08. The van der Waals surface area contributed by atoms with Gasteiger partial charge in [0.2, 0.25) is 0 Å². The largest absolute Gasteiger partial charge is 0.445 e. The molecule has 9 heteroatoms. The van der Waals surface area contributed by atoms with E-state index < -0.39 is 22.2 Å². The van der Waals surface area contributed by atoms with Gasteiger partial charge >= 0.3 is 6.09 Å². The number of halogens is 1. The third kappa shape index (κ3) is 3.77. The van der Waals surface area contributed by atoms with Crippen molar-refractivity contribution in [2.24, 2.45) is 4.40 Å². The van der Waals surface area contributed by atoms with Crippen molar-refractivity contribution in [3.8, 4) is 0 Å². The van der Waals surface area contributed by atoms with Crippen molar-refractivity contribution >= 4 is 43.6 Å². The van der Waals surface area contributed by atoms with E-state index in [-0.39, 0.29) is 17.3 Å². The van der Waals surface area contributed by atoms with E-state index in [1.54, 1.807) is 12.1 Å². The molecule has 1 saturated heterocycles. The normalized spacial score (nSPS) is 20.1. The highest BCUT2D eigenvalue weighted by molar-refractivity contribution is 9.10.